The second-order valence-electron chi connectivity index (χ2n) is 5.41. The summed E-state index contributed by atoms with van der Waals surface area (Å²) in [5.41, 5.74) is 5.86. The summed E-state index contributed by atoms with van der Waals surface area (Å²) in [4.78, 5) is 2.48. The van der Waals surface area contributed by atoms with Gasteiger partial charge in [0.2, 0.25) is 0 Å². The molecule has 94 valence electrons. The summed E-state index contributed by atoms with van der Waals surface area (Å²) in [6.45, 7) is 2.46. The van der Waals surface area contributed by atoms with Gasteiger partial charge in [0.15, 0.2) is 0 Å². The predicted octanol–water partition coefficient (Wildman–Crippen LogP) is 3.57. The maximum atomic E-state index is 2.48. The second kappa shape index (κ2) is 4.27. The Bertz CT molecular complexity index is 623. The van der Waals surface area contributed by atoms with Crippen LogP contribution < -0.4 is 0 Å². The van der Waals surface area contributed by atoms with Gasteiger partial charge in [0.25, 0.3) is 0 Å². The molecule has 1 atom stereocenters. The van der Waals surface area contributed by atoms with Gasteiger partial charge >= 0.3 is 0 Å². The van der Waals surface area contributed by atoms with Crippen molar-refractivity contribution in [2.45, 2.75) is 12.3 Å². The largest absolute Gasteiger partial charge is 0.371 e. The molecular formula is C18H17N. The summed E-state index contributed by atoms with van der Waals surface area (Å²) >= 11 is 0. The third-order valence-electron chi connectivity index (χ3n) is 4.13. The molecule has 0 bridgehead atoms. The van der Waals surface area contributed by atoms with E-state index < -0.39 is 0 Å². The van der Waals surface area contributed by atoms with Crippen LogP contribution in [0, 0.1) is 0 Å². The van der Waals surface area contributed by atoms with Crippen molar-refractivity contribution in [3.63, 3.8) is 0 Å². The minimum Gasteiger partial charge on any atom is -0.371 e. The lowest BCUT2D eigenvalue weighted by molar-refractivity contribution is 0.646. The van der Waals surface area contributed by atoms with E-state index in [0.717, 1.165) is 6.42 Å². The zero-order valence-corrected chi connectivity index (χ0v) is 10.9. The maximum absolute atomic E-state index is 2.48. The van der Waals surface area contributed by atoms with Crippen LogP contribution in [0.4, 0.5) is 0 Å². The van der Waals surface area contributed by atoms with Crippen molar-refractivity contribution in [1.82, 2.24) is 4.90 Å². The highest BCUT2D eigenvalue weighted by Gasteiger charge is 2.27. The highest BCUT2D eigenvalue weighted by Crippen LogP contribution is 2.37. The fourth-order valence-electron chi connectivity index (χ4n) is 3.03. The molecule has 1 heterocycles. The van der Waals surface area contributed by atoms with Crippen molar-refractivity contribution in [2.24, 2.45) is 0 Å². The molecule has 0 N–H and O–H groups in total. The Balaban J connectivity index is 1.83. The van der Waals surface area contributed by atoms with Crippen LogP contribution in [-0.4, -0.2) is 18.0 Å². The summed E-state index contributed by atoms with van der Waals surface area (Å²) in [5, 5.41) is 0. The first kappa shape index (κ1) is 10.9. The van der Waals surface area contributed by atoms with Crippen LogP contribution in [0.1, 0.15) is 22.6 Å². The second-order valence-corrected chi connectivity index (χ2v) is 5.41. The number of fused-ring (bicyclic) bond motifs is 1. The number of hydrogen-bond acceptors (Lipinski definition) is 1. The Labute approximate surface area is 114 Å². The fourth-order valence-corrected chi connectivity index (χ4v) is 3.03. The Hall–Kier alpha value is -2.02. The summed E-state index contributed by atoms with van der Waals surface area (Å²) in [6.07, 6.45) is 3.56. The number of nitrogens with zero attached hydrogens (tertiary/aromatic N) is 1. The summed E-state index contributed by atoms with van der Waals surface area (Å²) < 4.78 is 0. The maximum Gasteiger partial charge on any atom is 0.0351 e. The molecule has 2 aliphatic rings. The standard InChI is InChI=1S/C18H17N/c1-2-6-14(7-3-1)18-13-16(19-10-11-19)12-15-8-4-5-9-17(15)18/h1-9,13,18H,10-12H2/t18-/m1/s1. The molecule has 0 spiro atoms. The smallest absolute Gasteiger partial charge is 0.0351 e. The number of rotatable bonds is 2. The Morgan fingerprint density at radius 2 is 1.58 bits per heavy atom. The molecule has 0 aromatic heterocycles. The van der Waals surface area contributed by atoms with E-state index in [1.54, 1.807) is 0 Å². The Morgan fingerprint density at radius 3 is 2.37 bits per heavy atom. The fraction of sp³-hybridized carbons (Fsp3) is 0.222. The van der Waals surface area contributed by atoms with Crippen LogP contribution >= 0.6 is 0 Å². The lowest BCUT2D eigenvalue weighted by Crippen LogP contribution is -2.14. The van der Waals surface area contributed by atoms with Crippen LogP contribution in [0.5, 0.6) is 0 Å². The molecule has 1 aliphatic carbocycles. The molecule has 1 fully saturated rings. The van der Waals surface area contributed by atoms with E-state index in [1.807, 2.05) is 0 Å². The average molecular weight is 247 g/mol. The average Bonchev–Trinajstić information content (AvgIpc) is 3.32. The van der Waals surface area contributed by atoms with E-state index in [2.05, 4.69) is 65.6 Å². The van der Waals surface area contributed by atoms with Gasteiger partial charge in [-0.25, -0.2) is 0 Å². The first-order valence-electron chi connectivity index (χ1n) is 7.00. The Morgan fingerprint density at radius 1 is 0.842 bits per heavy atom. The molecular weight excluding hydrogens is 230 g/mol. The molecule has 1 saturated heterocycles. The van der Waals surface area contributed by atoms with E-state index in [9.17, 15) is 0 Å². The van der Waals surface area contributed by atoms with E-state index in [4.69, 9.17) is 0 Å². The van der Waals surface area contributed by atoms with Gasteiger partial charge in [-0.3, -0.25) is 0 Å². The Kier molecular flexibility index (Phi) is 2.44. The quantitative estimate of drug-likeness (QED) is 0.733. The third-order valence-corrected chi connectivity index (χ3v) is 4.13. The first-order valence-corrected chi connectivity index (χ1v) is 7.00. The summed E-state index contributed by atoms with van der Waals surface area (Å²) in [7, 11) is 0. The number of allylic oxidation sites excluding steroid dienone is 2. The molecule has 0 amide bonds. The predicted molar refractivity (Wildman–Crippen MR) is 78.1 cm³/mol. The monoisotopic (exact) mass is 247 g/mol. The van der Waals surface area contributed by atoms with Crippen LogP contribution in [0.3, 0.4) is 0 Å². The molecule has 2 aromatic rings. The minimum absolute atomic E-state index is 0.418. The van der Waals surface area contributed by atoms with Gasteiger partial charge in [0.05, 0.1) is 0 Å². The molecule has 2 aromatic carbocycles. The van der Waals surface area contributed by atoms with E-state index in [1.165, 1.54) is 35.5 Å². The van der Waals surface area contributed by atoms with Gasteiger partial charge in [0.1, 0.15) is 0 Å². The number of hydrogen-bond donors (Lipinski definition) is 0. The van der Waals surface area contributed by atoms with Crippen LogP contribution in [-0.2, 0) is 6.42 Å². The summed E-state index contributed by atoms with van der Waals surface area (Å²) in [6, 6.07) is 19.7. The highest BCUT2D eigenvalue weighted by molar-refractivity contribution is 5.47. The molecule has 0 unspecified atom stereocenters. The zero-order valence-electron chi connectivity index (χ0n) is 10.9. The van der Waals surface area contributed by atoms with Crippen LogP contribution in [0.25, 0.3) is 0 Å². The molecule has 1 aliphatic heterocycles. The molecule has 19 heavy (non-hydrogen) atoms. The highest BCUT2D eigenvalue weighted by atomic mass is 15.3. The van der Waals surface area contributed by atoms with Crippen molar-refractivity contribution in [3.05, 3.63) is 83.1 Å². The lowest BCUT2D eigenvalue weighted by atomic mass is 9.82. The van der Waals surface area contributed by atoms with E-state index in [-0.39, 0.29) is 0 Å². The van der Waals surface area contributed by atoms with Gasteiger partial charge in [-0.1, -0.05) is 60.7 Å². The molecule has 1 heteroatoms. The molecule has 0 saturated carbocycles. The SMILES string of the molecule is C1=C(N2CC2)Cc2ccccc2[C@H]1c1ccccc1. The molecule has 4 rings (SSSR count). The molecule has 0 radical (unpaired) electrons. The topological polar surface area (TPSA) is 3.01 Å². The van der Waals surface area contributed by atoms with Gasteiger partial charge in [-0.2, -0.15) is 0 Å². The zero-order chi connectivity index (χ0) is 12.7. The minimum atomic E-state index is 0.418. The van der Waals surface area contributed by atoms with Crippen molar-refractivity contribution in [2.75, 3.05) is 13.1 Å². The van der Waals surface area contributed by atoms with Crippen molar-refractivity contribution in [3.8, 4) is 0 Å². The summed E-state index contributed by atoms with van der Waals surface area (Å²) in [5.74, 6) is 0.418. The first-order chi connectivity index (χ1) is 9.42. The lowest BCUT2D eigenvalue weighted by Gasteiger charge is -2.26. The molecule has 1 nitrogen and oxygen atoms in total. The van der Waals surface area contributed by atoms with Gasteiger partial charge in [-0.05, 0) is 16.7 Å². The van der Waals surface area contributed by atoms with Crippen LogP contribution in [0.2, 0.25) is 0 Å². The normalized spacial score (nSPS) is 20.7. The van der Waals surface area contributed by atoms with Crippen molar-refractivity contribution < 1.29 is 0 Å². The number of benzene rings is 2. The van der Waals surface area contributed by atoms with Crippen LogP contribution in [0.15, 0.2) is 66.4 Å². The third kappa shape index (κ3) is 1.95. The van der Waals surface area contributed by atoms with Gasteiger partial charge in [0, 0.05) is 31.1 Å². The van der Waals surface area contributed by atoms with Crippen molar-refractivity contribution in [1.29, 1.82) is 0 Å². The van der Waals surface area contributed by atoms with Gasteiger partial charge in [-0.15, -0.1) is 0 Å². The van der Waals surface area contributed by atoms with Crippen molar-refractivity contribution >= 4 is 0 Å². The van der Waals surface area contributed by atoms with E-state index in [0.29, 0.717) is 5.92 Å². The van der Waals surface area contributed by atoms with E-state index >= 15 is 0 Å². The van der Waals surface area contributed by atoms with Gasteiger partial charge < -0.3 is 4.90 Å².